The number of amides is 2. The van der Waals surface area contributed by atoms with Gasteiger partial charge in [-0.2, -0.15) is 10.2 Å². The summed E-state index contributed by atoms with van der Waals surface area (Å²) in [6.45, 7) is 1.83. The number of hydrogen-bond donors (Lipinski definition) is 2. The number of aliphatic imine (C=N–C) groups is 1. The highest BCUT2D eigenvalue weighted by atomic mass is 16.2. The highest BCUT2D eigenvalue weighted by Gasteiger charge is 2.36. The van der Waals surface area contributed by atoms with Gasteiger partial charge >= 0.3 is 0 Å². The van der Waals surface area contributed by atoms with Crippen molar-refractivity contribution in [1.82, 2.24) is 29.9 Å². The molecule has 1 atom stereocenters. The van der Waals surface area contributed by atoms with Crippen molar-refractivity contribution in [3.63, 3.8) is 0 Å². The minimum atomic E-state index is -0.813. The van der Waals surface area contributed by atoms with Crippen molar-refractivity contribution in [1.29, 1.82) is 0 Å². The average molecular weight is 405 g/mol. The SMILES string of the molecule is CN1C(=O)CC(C)(c2cccc(NC(=O)c3cnc(-n4nccn4)cn3)c2)N=C1N. The molecule has 2 aromatic heterocycles. The lowest BCUT2D eigenvalue weighted by Gasteiger charge is -2.33. The number of rotatable bonds is 4. The van der Waals surface area contributed by atoms with Crippen molar-refractivity contribution in [3.8, 4) is 5.82 Å². The zero-order chi connectivity index (χ0) is 21.3. The zero-order valence-corrected chi connectivity index (χ0v) is 16.4. The minimum absolute atomic E-state index is 0.124. The molecule has 3 aromatic rings. The lowest BCUT2D eigenvalue weighted by molar-refractivity contribution is -0.128. The molecule has 30 heavy (non-hydrogen) atoms. The van der Waals surface area contributed by atoms with E-state index in [-0.39, 0.29) is 24.0 Å². The summed E-state index contributed by atoms with van der Waals surface area (Å²) in [5, 5.41) is 10.7. The molecule has 0 fully saturated rings. The van der Waals surface area contributed by atoms with Crippen LogP contribution in [0.4, 0.5) is 5.69 Å². The van der Waals surface area contributed by atoms with E-state index < -0.39 is 11.4 Å². The summed E-state index contributed by atoms with van der Waals surface area (Å²) in [5.41, 5.74) is 6.51. The van der Waals surface area contributed by atoms with E-state index in [0.717, 1.165) is 5.56 Å². The molecule has 2 amide bonds. The van der Waals surface area contributed by atoms with Crippen molar-refractivity contribution in [3.05, 3.63) is 60.3 Å². The molecule has 0 saturated heterocycles. The van der Waals surface area contributed by atoms with Gasteiger partial charge in [0.1, 0.15) is 5.69 Å². The van der Waals surface area contributed by atoms with Gasteiger partial charge in [-0.1, -0.05) is 12.1 Å². The molecule has 1 aliphatic rings. The first-order chi connectivity index (χ1) is 14.4. The van der Waals surface area contributed by atoms with Crippen LogP contribution in [-0.4, -0.2) is 54.7 Å². The third-order valence-electron chi connectivity index (χ3n) is 4.81. The first-order valence-electron chi connectivity index (χ1n) is 9.08. The summed E-state index contributed by atoms with van der Waals surface area (Å²) in [6.07, 6.45) is 5.97. The second-order valence-electron chi connectivity index (χ2n) is 6.99. The molecule has 0 spiro atoms. The number of carbonyl (C=O) groups is 2. The molecular formula is C19H19N9O2. The lowest BCUT2D eigenvalue weighted by atomic mass is 9.87. The molecule has 1 unspecified atom stereocenters. The molecule has 4 rings (SSSR count). The average Bonchev–Trinajstić information content (AvgIpc) is 3.27. The molecule has 11 nitrogen and oxygen atoms in total. The third kappa shape index (κ3) is 3.60. The predicted molar refractivity (Wildman–Crippen MR) is 108 cm³/mol. The van der Waals surface area contributed by atoms with Crippen molar-refractivity contribution in [2.24, 2.45) is 10.7 Å². The van der Waals surface area contributed by atoms with Gasteiger partial charge in [0.15, 0.2) is 11.8 Å². The molecule has 0 radical (unpaired) electrons. The smallest absolute Gasteiger partial charge is 0.275 e. The fraction of sp³-hybridized carbons (Fsp3) is 0.211. The van der Waals surface area contributed by atoms with Crippen molar-refractivity contribution in [2.75, 3.05) is 12.4 Å². The van der Waals surface area contributed by atoms with Crippen LogP contribution in [0.1, 0.15) is 29.4 Å². The second kappa shape index (κ2) is 7.35. The Morgan fingerprint density at radius 2 is 1.97 bits per heavy atom. The van der Waals surface area contributed by atoms with Gasteiger partial charge in [0, 0.05) is 12.7 Å². The number of nitrogens with two attached hydrogens (primary N) is 1. The molecule has 0 saturated carbocycles. The molecule has 1 aromatic carbocycles. The summed E-state index contributed by atoms with van der Waals surface area (Å²) in [7, 11) is 1.59. The number of guanidine groups is 1. The summed E-state index contributed by atoms with van der Waals surface area (Å²) >= 11 is 0. The summed E-state index contributed by atoms with van der Waals surface area (Å²) < 4.78 is 0. The Morgan fingerprint density at radius 1 is 1.20 bits per heavy atom. The lowest BCUT2D eigenvalue weighted by Crippen LogP contribution is -2.47. The number of nitrogens with one attached hydrogen (secondary N) is 1. The number of aromatic nitrogens is 5. The molecule has 11 heteroatoms. The van der Waals surface area contributed by atoms with Gasteiger partial charge in [0.2, 0.25) is 5.91 Å². The number of hydrogen-bond acceptors (Lipinski definition) is 8. The Bertz CT molecular complexity index is 1130. The Labute approximate surface area is 171 Å². The third-order valence-corrected chi connectivity index (χ3v) is 4.81. The first kappa shape index (κ1) is 19.2. The summed E-state index contributed by atoms with van der Waals surface area (Å²) in [5.74, 6) is 0.00722. The van der Waals surface area contributed by atoms with Gasteiger partial charge in [0.25, 0.3) is 5.91 Å². The van der Waals surface area contributed by atoms with E-state index in [4.69, 9.17) is 5.73 Å². The monoisotopic (exact) mass is 405 g/mol. The quantitative estimate of drug-likeness (QED) is 0.650. The van der Waals surface area contributed by atoms with Crippen LogP contribution in [0.2, 0.25) is 0 Å². The number of nitrogens with zero attached hydrogens (tertiary/aromatic N) is 7. The number of anilines is 1. The largest absolute Gasteiger partial charge is 0.369 e. The van der Waals surface area contributed by atoms with Crippen molar-refractivity contribution >= 4 is 23.5 Å². The maximum atomic E-state index is 12.6. The maximum absolute atomic E-state index is 12.6. The van der Waals surface area contributed by atoms with Gasteiger partial charge < -0.3 is 11.1 Å². The van der Waals surface area contributed by atoms with E-state index >= 15 is 0 Å². The van der Waals surface area contributed by atoms with E-state index in [1.807, 2.05) is 13.0 Å². The van der Waals surface area contributed by atoms with Crippen LogP contribution in [0.5, 0.6) is 0 Å². The van der Waals surface area contributed by atoms with E-state index in [9.17, 15) is 9.59 Å². The highest BCUT2D eigenvalue weighted by molar-refractivity contribution is 6.03. The second-order valence-corrected chi connectivity index (χ2v) is 6.99. The Kier molecular flexibility index (Phi) is 4.70. The molecule has 152 valence electrons. The van der Waals surface area contributed by atoms with Gasteiger partial charge in [-0.05, 0) is 24.6 Å². The normalized spacial score (nSPS) is 18.8. The minimum Gasteiger partial charge on any atom is -0.369 e. The van der Waals surface area contributed by atoms with Gasteiger partial charge in [0.05, 0.1) is 36.7 Å². The molecule has 3 N–H and O–H groups in total. The summed E-state index contributed by atoms with van der Waals surface area (Å²) in [4.78, 5) is 40.2. The standard InChI is InChI=1S/C19H19N9O2/c1-19(9-16(29)27(2)18(20)26-19)12-4-3-5-13(8-12)25-17(30)14-10-22-15(11-21-14)28-23-6-7-24-28/h3-8,10-11H,9H2,1-2H3,(H2,20,26)(H,25,30). The summed E-state index contributed by atoms with van der Waals surface area (Å²) in [6, 6.07) is 7.13. The molecule has 1 aliphatic heterocycles. The van der Waals surface area contributed by atoms with Crippen LogP contribution in [0, 0.1) is 0 Å². The van der Waals surface area contributed by atoms with E-state index in [2.05, 4.69) is 30.5 Å². The number of benzene rings is 1. The Morgan fingerprint density at radius 3 is 2.63 bits per heavy atom. The van der Waals surface area contributed by atoms with Gasteiger partial charge in [-0.3, -0.25) is 14.5 Å². The predicted octanol–water partition coefficient (Wildman–Crippen LogP) is 0.702. The topological polar surface area (TPSA) is 144 Å². The van der Waals surface area contributed by atoms with E-state index in [1.165, 1.54) is 34.5 Å². The van der Waals surface area contributed by atoms with Crippen LogP contribution in [0.3, 0.4) is 0 Å². The maximum Gasteiger partial charge on any atom is 0.275 e. The highest BCUT2D eigenvalue weighted by Crippen LogP contribution is 2.34. The Hall–Kier alpha value is -4.15. The van der Waals surface area contributed by atoms with Crippen LogP contribution in [0.15, 0.2) is 54.0 Å². The van der Waals surface area contributed by atoms with Gasteiger partial charge in [-0.15, -0.1) is 4.80 Å². The van der Waals surface area contributed by atoms with Crippen molar-refractivity contribution in [2.45, 2.75) is 18.9 Å². The van der Waals surface area contributed by atoms with Gasteiger partial charge in [-0.25, -0.2) is 15.0 Å². The van der Waals surface area contributed by atoms with Crippen LogP contribution < -0.4 is 11.1 Å². The van der Waals surface area contributed by atoms with E-state index in [0.29, 0.717) is 11.5 Å². The van der Waals surface area contributed by atoms with Crippen LogP contribution >= 0.6 is 0 Å². The molecular weight excluding hydrogens is 386 g/mol. The van der Waals surface area contributed by atoms with E-state index in [1.54, 1.807) is 25.2 Å². The van der Waals surface area contributed by atoms with Crippen LogP contribution in [-0.2, 0) is 10.3 Å². The van der Waals surface area contributed by atoms with Crippen molar-refractivity contribution < 1.29 is 9.59 Å². The Balaban J connectivity index is 1.53. The fourth-order valence-electron chi connectivity index (χ4n) is 3.08. The zero-order valence-electron chi connectivity index (χ0n) is 16.4. The molecule has 0 bridgehead atoms. The first-order valence-corrected chi connectivity index (χ1v) is 9.08. The molecule has 0 aliphatic carbocycles. The fourth-order valence-corrected chi connectivity index (χ4v) is 3.08. The molecule has 3 heterocycles. The number of carbonyl (C=O) groups excluding carboxylic acids is 2. The van der Waals surface area contributed by atoms with Crippen LogP contribution in [0.25, 0.3) is 5.82 Å².